The molecule has 2 aliphatic carbocycles. The number of aliphatic carboxylic acids is 1. The highest BCUT2D eigenvalue weighted by molar-refractivity contribution is 5.92. The maximum atomic E-state index is 12.6. The number of piperidine rings is 1. The zero-order valence-corrected chi connectivity index (χ0v) is 13.3. The van der Waals surface area contributed by atoms with E-state index in [9.17, 15) is 9.59 Å². The van der Waals surface area contributed by atoms with Crippen molar-refractivity contribution in [2.24, 2.45) is 11.3 Å². The molecule has 1 N–H and O–H groups in total. The minimum atomic E-state index is -0.680. The Morgan fingerprint density at radius 1 is 1.22 bits per heavy atom. The maximum absolute atomic E-state index is 12.6. The normalized spacial score (nSPS) is 26.6. The van der Waals surface area contributed by atoms with E-state index in [-0.39, 0.29) is 17.2 Å². The zero-order valence-electron chi connectivity index (χ0n) is 13.3. The molecule has 1 aromatic rings. The second kappa shape index (κ2) is 5.35. The summed E-state index contributed by atoms with van der Waals surface area (Å²) in [4.78, 5) is 25.6. The molecule has 2 saturated carbocycles. The van der Waals surface area contributed by atoms with Crippen LogP contribution in [0.5, 0.6) is 0 Å². The Bertz CT molecular complexity index is 625. The van der Waals surface area contributed by atoms with Crippen LogP contribution in [0.2, 0.25) is 0 Å². The monoisotopic (exact) mass is 317 g/mol. The van der Waals surface area contributed by atoms with Gasteiger partial charge in [-0.2, -0.15) is 5.10 Å². The van der Waals surface area contributed by atoms with Crippen LogP contribution in [0.25, 0.3) is 0 Å². The summed E-state index contributed by atoms with van der Waals surface area (Å²) in [5.74, 6) is -0.884. The fraction of sp³-hybridized carbons (Fsp3) is 0.706. The lowest BCUT2D eigenvalue weighted by molar-refractivity contribution is -0.139. The van der Waals surface area contributed by atoms with Gasteiger partial charge in [0.15, 0.2) is 0 Å². The van der Waals surface area contributed by atoms with Gasteiger partial charge in [0.25, 0.3) is 5.91 Å². The molecule has 3 fully saturated rings. The number of aromatic nitrogens is 2. The number of carbonyl (C=O) groups excluding carboxylic acids is 1. The standard InChI is InChI=1S/C17H23N3O3/c21-15(14-5-8-20(18-14)12-3-1-2-4-12)19-9-6-17(7-10-19)11-13(17)16(22)23/h5,8,12-13H,1-4,6-7,9-11H2,(H,22,23). The Morgan fingerprint density at radius 3 is 2.52 bits per heavy atom. The molecule has 124 valence electrons. The topological polar surface area (TPSA) is 75.4 Å². The average Bonchev–Trinajstić information content (AvgIpc) is 2.98. The molecule has 0 aromatic carbocycles. The van der Waals surface area contributed by atoms with E-state index < -0.39 is 5.97 Å². The van der Waals surface area contributed by atoms with Crippen LogP contribution in [0.15, 0.2) is 12.3 Å². The highest BCUT2D eigenvalue weighted by Gasteiger charge is 2.59. The summed E-state index contributed by atoms with van der Waals surface area (Å²) in [7, 11) is 0. The van der Waals surface area contributed by atoms with Crippen molar-refractivity contribution in [3.05, 3.63) is 18.0 Å². The molecule has 2 heterocycles. The van der Waals surface area contributed by atoms with Gasteiger partial charge in [-0.15, -0.1) is 0 Å². The van der Waals surface area contributed by atoms with Crippen LogP contribution in [-0.2, 0) is 4.79 Å². The van der Waals surface area contributed by atoms with E-state index >= 15 is 0 Å². The minimum absolute atomic E-state index is 0.0101. The van der Waals surface area contributed by atoms with Gasteiger partial charge in [-0.25, -0.2) is 0 Å². The Kier molecular flexibility index (Phi) is 3.43. The summed E-state index contributed by atoms with van der Waals surface area (Å²) in [5, 5.41) is 13.6. The predicted molar refractivity (Wildman–Crippen MR) is 83.0 cm³/mol. The summed E-state index contributed by atoms with van der Waals surface area (Å²) >= 11 is 0. The first-order chi connectivity index (χ1) is 11.1. The number of carboxylic acid groups (broad SMARTS) is 1. The molecule has 3 aliphatic rings. The molecule has 1 spiro atoms. The number of nitrogens with zero attached hydrogens (tertiary/aromatic N) is 3. The van der Waals surface area contributed by atoms with Crippen LogP contribution in [0, 0.1) is 11.3 Å². The van der Waals surface area contributed by atoms with Crippen LogP contribution in [0.4, 0.5) is 0 Å². The van der Waals surface area contributed by atoms with Crippen molar-refractivity contribution in [2.75, 3.05) is 13.1 Å². The van der Waals surface area contributed by atoms with Crippen molar-refractivity contribution in [3.8, 4) is 0 Å². The molecular formula is C17H23N3O3. The molecule has 1 aromatic heterocycles. The first-order valence-electron chi connectivity index (χ1n) is 8.66. The molecule has 6 nitrogen and oxygen atoms in total. The lowest BCUT2D eigenvalue weighted by Gasteiger charge is -2.32. The minimum Gasteiger partial charge on any atom is -0.481 e. The molecule has 0 radical (unpaired) electrons. The lowest BCUT2D eigenvalue weighted by atomic mass is 9.90. The van der Waals surface area contributed by atoms with E-state index in [0.717, 1.165) is 32.1 Å². The summed E-state index contributed by atoms with van der Waals surface area (Å²) in [5.41, 5.74) is 0.490. The predicted octanol–water partition coefficient (Wildman–Crippen LogP) is 2.33. The van der Waals surface area contributed by atoms with Crippen molar-refractivity contribution < 1.29 is 14.7 Å². The van der Waals surface area contributed by atoms with E-state index in [1.165, 1.54) is 12.8 Å². The first kappa shape index (κ1) is 14.7. The smallest absolute Gasteiger partial charge is 0.307 e. The summed E-state index contributed by atoms with van der Waals surface area (Å²) < 4.78 is 1.95. The first-order valence-corrected chi connectivity index (χ1v) is 8.66. The van der Waals surface area contributed by atoms with Gasteiger partial charge in [0.2, 0.25) is 0 Å². The Hall–Kier alpha value is -1.85. The molecule has 0 bridgehead atoms. The molecular weight excluding hydrogens is 294 g/mol. The van der Waals surface area contributed by atoms with Gasteiger partial charge in [0.05, 0.1) is 12.0 Å². The molecule has 6 heteroatoms. The third-order valence-electron chi connectivity index (χ3n) is 6.06. The highest BCUT2D eigenvalue weighted by Crippen LogP contribution is 2.59. The number of carbonyl (C=O) groups is 2. The van der Waals surface area contributed by atoms with E-state index in [0.29, 0.717) is 24.8 Å². The van der Waals surface area contributed by atoms with Crippen LogP contribution in [0.1, 0.15) is 61.5 Å². The van der Waals surface area contributed by atoms with Crippen molar-refractivity contribution in [1.82, 2.24) is 14.7 Å². The molecule has 23 heavy (non-hydrogen) atoms. The number of carboxylic acids is 1. The van der Waals surface area contributed by atoms with E-state index in [4.69, 9.17) is 5.11 Å². The third kappa shape index (κ3) is 2.54. The van der Waals surface area contributed by atoms with Gasteiger partial charge in [-0.1, -0.05) is 12.8 Å². The number of likely N-dealkylation sites (tertiary alicyclic amines) is 1. The fourth-order valence-corrected chi connectivity index (χ4v) is 4.39. The maximum Gasteiger partial charge on any atom is 0.307 e. The zero-order chi connectivity index (χ0) is 16.0. The van der Waals surface area contributed by atoms with Gasteiger partial charge in [-0.3, -0.25) is 14.3 Å². The van der Waals surface area contributed by atoms with Gasteiger partial charge in [-0.05, 0) is 43.6 Å². The second-order valence-electron chi connectivity index (χ2n) is 7.37. The SMILES string of the molecule is O=C(O)C1CC12CCN(C(=O)c1ccn(C3CCCC3)n1)CC2. The fourth-order valence-electron chi connectivity index (χ4n) is 4.39. The molecule has 1 aliphatic heterocycles. The number of rotatable bonds is 3. The van der Waals surface area contributed by atoms with Crippen LogP contribution in [-0.4, -0.2) is 44.8 Å². The van der Waals surface area contributed by atoms with E-state index in [1.807, 2.05) is 21.8 Å². The average molecular weight is 317 g/mol. The summed E-state index contributed by atoms with van der Waals surface area (Å²) in [6.45, 7) is 1.30. The Balaban J connectivity index is 1.38. The highest BCUT2D eigenvalue weighted by atomic mass is 16.4. The Labute approximate surface area is 135 Å². The molecule has 1 unspecified atom stereocenters. The van der Waals surface area contributed by atoms with Crippen molar-refractivity contribution >= 4 is 11.9 Å². The van der Waals surface area contributed by atoms with Gasteiger partial charge in [0.1, 0.15) is 5.69 Å². The van der Waals surface area contributed by atoms with Crippen molar-refractivity contribution in [3.63, 3.8) is 0 Å². The lowest BCUT2D eigenvalue weighted by Crippen LogP contribution is -2.40. The van der Waals surface area contributed by atoms with Crippen molar-refractivity contribution in [1.29, 1.82) is 0 Å². The number of hydrogen-bond acceptors (Lipinski definition) is 3. The van der Waals surface area contributed by atoms with E-state index in [1.54, 1.807) is 0 Å². The van der Waals surface area contributed by atoms with Crippen LogP contribution < -0.4 is 0 Å². The molecule has 1 atom stereocenters. The van der Waals surface area contributed by atoms with E-state index in [2.05, 4.69) is 5.10 Å². The number of amides is 1. The largest absolute Gasteiger partial charge is 0.481 e. The summed E-state index contributed by atoms with van der Waals surface area (Å²) in [6.07, 6.45) is 9.10. The van der Waals surface area contributed by atoms with Crippen LogP contribution in [0.3, 0.4) is 0 Å². The van der Waals surface area contributed by atoms with Gasteiger partial charge in [0, 0.05) is 19.3 Å². The van der Waals surface area contributed by atoms with Crippen LogP contribution >= 0.6 is 0 Å². The van der Waals surface area contributed by atoms with Gasteiger partial charge < -0.3 is 10.0 Å². The molecule has 1 amide bonds. The molecule has 4 rings (SSSR count). The molecule has 1 saturated heterocycles. The quantitative estimate of drug-likeness (QED) is 0.928. The van der Waals surface area contributed by atoms with Gasteiger partial charge >= 0.3 is 5.97 Å². The van der Waals surface area contributed by atoms with Crippen molar-refractivity contribution in [2.45, 2.75) is 51.0 Å². The Morgan fingerprint density at radius 2 is 1.91 bits per heavy atom. The summed E-state index contributed by atoms with van der Waals surface area (Å²) in [6, 6.07) is 2.27. The second-order valence-corrected chi connectivity index (χ2v) is 7.37. The third-order valence-corrected chi connectivity index (χ3v) is 6.06. The number of hydrogen-bond donors (Lipinski definition) is 1.